The lowest BCUT2D eigenvalue weighted by Gasteiger charge is -2.42. The Balaban J connectivity index is 1.86. The quantitative estimate of drug-likeness (QED) is 0.643. The molecule has 1 aliphatic heterocycles. The van der Waals surface area contributed by atoms with E-state index in [1.165, 1.54) is 0 Å². The number of esters is 1. The van der Waals surface area contributed by atoms with Gasteiger partial charge in [0.25, 0.3) is 0 Å². The Labute approximate surface area is 129 Å². The molecule has 2 aromatic rings. The molecule has 0 unspecified atom stereocenters. The number of ether oxygens (including phenoxy) is 1. The van der Waals surface area contributed by atoms with E-state index in [-0.39, 0.29) is 24.3 Å². The van der Waals surface area contributed by atoms with Crippen LogP contribution in [0.1, 0.15) is 31.9 Å². The van der Waals surface area contributed by atoms with Crippen LogP contribution in [0.25, 0.3) is 10.8 Å². The summed E-state index contributed by atoms with van der Waals surface area (Å²) in [7, 11) is 0. The normalized spacial score (nSPS) is 18.9. The van der Waals surface area contributed by atoms with Crippen LogP contribution in [0.2, 0.25) is 0 Å². The summed E-state index contributed by atoms with van der Waals surface area (Å²) in [4.78, 5) is 25.5. The minimum absolute atomic E-state index is 0.00119. The van der Waals surface area contributed by atoms with E-state index in [1.54, 1.807) is 11.8 Å². The molecule has 114 valence electrons. The van der Waals surface area contributed by atoms with E-state index in [2.05, 4.69) is 12.1 Å². The van der Waals surface area contributed by atoms with Gasteiger partial charge in [-0.1, -0.05) is 36.4 Å². The number of rotatable bonds is 4. The molecule has 2 aromatic carbocycles. The highest BCUT2D eigenvalue weighted by atomic mass is 16.5. The van der Waals surface area contributed by atoms with Crippen LogP contribution in [-0.4, -0.2) is 29.4 Å². The van der Waals surface area contributed by atoms with Gasteiger partial charge in [-0.3, -0.25) is 4.79 Å². The predicted molar refractivity (Wildman–Crippen MR) is 84.2 cm³/mol. The van der Waals surface area contributed by atoms with E-state index in [0.717, 1.165) is 16.3 Å². The minimum Gasteiger partial charge on any atom is -0.464 e. The monoisotopic (exact) mass is 297 g/mol. The molecular weight excluding hydrogens is 278 g/mol. The number of fused-ring (bicyclic) bond motifs is 1. The summed E-state index contributed by atoms with van der Waals surface area (Å²) >= 11 is 0. The number of nitrogens with zero attached hydrogens (tertiary/aromatic N) is 1. The summed E-state index contributed by atoms with van der Waals surface area (Å²) in [5, 5.41) is 2.29. The first-order chi connectivity index (χ1) is 10.6. The molecule has 0 aliphatic carbocycles. The lowest BCUT2D eigenvalue weighted by Crippen LogP contribution is -2.57. The molecule has 0 radical (unpaired) electrons. The molecule has 0 aromatic heterocycles. The van der Waals surface area contributed by atoms with Crippen LogP contribution in [-0.2, 0) is 14.3 Å². The largest absolute Gasteiger partial charge is 0.464 e. The van der Waals surface area contributed by atoms with E-state index in [4.69, 9.17) is 4.74 Å². The SMILES string of the molecule is CCOC(=O)[C@@H]1CC(=O)N1[C@H](C)c1ccc2ccccc2c1. The fraction of sp³-hybridized carbons (Fsp3) is 0.333. The van der Waals surface area contributed by atoms with Gasteiger partial charge < -0.3 is 9.64 Å². The summed E-state index contributed by atoms with van der Waals surface area (Å²) in [5.74, 6) is -0.312. The number of carbonyl (C=O) groups is 2. The van der Waals surface area contributed by atoms with Crippen molar-refractivity contribution in [2.75, 3.05) is 6.61 Å². The lowest BCUT2D eigenvalue weighted by atomic mass is 9.94. The van der Waals surface area contributed by atoms with Gasteiger partial charge in [-0.2, -0.15) is 0 Å². The Morgan fingerprint density at radius 2 is 2.00 bits per heavy atom. The van der Waals surface area contributed by atoms with Gasteiger partial charge in [0, 0.05) is 0 Å². The number of likely N-dealkylation sites (tertiary alicyclic amines) is 1. The van der Waals surface area contributed by atoms with Crippen molar-refractivity contribution in [3.05, 3.63) is 48.0 Å². The summed E-state index contributed by atoms with van der Waals surface area (Å²) in [6.07, 6.45) is 0.247. The standard InChI is InChI=1S/C18H19NO3/c1-3-22-18(21)16-11-17(20)19(16)12(2)14-9-8-13-6-4-5-7-15(13)10-14/h4-10,12,16H,3,11H2,1-2H3/t12-,16+/m1/s1. The van der Waals surface area contributed by atoms with Crippen LogP contribution in [0.3, 0.4) is 0 Å². The van der Waals surface area contributed by atoms with Crippen molar-refractivity contribution >= 4 is 22.6 Å². The number of β-lactam (4-membered cyclic amide) rings is 1. The number of amides is 1. The molecule has 1 saturated heterocycles. The molecule has 0 spiro atoms. The average molecular weight is 297 g/mol. The van der Waals surface area contributed by atoms with Gasteiger partial charge in [-0.25, -0.2) is 4.79 Å². The van der Waals surface area contributed by atoms with Gasteiger partial charge in [0.1, 0.15) is 6.04 Å². The van der Waals surface area contributed by atoms with Crippen molar-refractivity contribution in [1.82, 2.24) is 4.90 Å². The zero-order chi connectivity index (χ0) is 15.7. The van der Waals surface area contributed by atoms with E-state index in [9.17, 15) is 9.59 Å². The minimum atomic E-state index is -0.450. The Bertz CT molecular complexity index is 725. The average Bonchev–Trinajstić information content (AvgIpc) is 2.52. The van der Waals surface area contributed by atoms with Crippen LogP contribution >= 0.6 is 0 Å². The van der Waals surface area contributed by atoms with Crippen molar-refractivity contribution in [3.8, 4) is 0 Å². The van der Waals surface area contributed by atoms with Crippen molar-refractivity contribution in [1.29, 1.82) is 0 Å². The first-order valence-corrected chi connectivity index (χ1v) is 7.58. The van der Waals surface area contributed by atoms with Crippen LogP contribution in [0, 0.1) is 0 Å². The number of hydrogen-bond acceptors (Lipinski definition) is 3. The van der Waals surface area contributed by atoms with Gasteiger partial charge in [0.2, 0.25) is 5.91 Å². The van der Waals surface area contributed by atoms with Crippen molar-refractivity contribution in [2.24, 2.45) is 0 Å². The fourth-order valence-electron chi connectivity index (χ4n) is 2.98. The molecule has 4 heteroatoms. The zero-order valence-electron chi connectivity index (χ0n) is 12.8. The maximum Gasteiger partial charge on any atom is 0.329 e. The molecule has 2 atom stereocenters. The third-order valence-corrected chi connectivity index (χ3v) is 4.22. The molecule has 4 nitrogen and oxygen atoms in total. The van der Waals surface area contributed by atoms with E-state index < -0.39 is 6.04 Å². The van der Waals surface area contributed by atoms with Crippen molar-refractivity contribution < 1.29 is 14.3 Å². The summed E-state index contributed by atoms with van der Waals surface area (Å²) < 4.78 is 5.05. The van der Waals surface area contributed by atoms with Crippen LogP contribution in [0.15, 0.2) is 42.5 Å². The number of carbonyl (C=O) groups excluding carboxylic acids is 2. The highest BCUT2D eigenvalue weighted by Gasteiger charge is 2.45. The maximum atomic E-state index is 11.9. The molecule has 1 heterocycles. The van der Waals surface area contributed by atoms with Crippen molar-refractivity contribution in [3.63, 3.8) is 0 Å². The summed E-state index contributed by atoms with van der Waals surface area (Å²) in [6, 6.07) is 13.6. The summed E-state index contributed by atoms with van der Waals surface area (Å²) in [5.41, 5.74) is 1.03. The van der Waals surface area contributed by atoms with Gasteiger partial charge in [0.15, 0.2) is 0 Å². The Morgan fingerprint density at radius 1 is 1.27 bits per heavy atom. The Morgan fingerprint density at radius 3 is 2.68 bits per heavy atom. The third-order valence-electron chi connectivity index (χ3n) is 4.22. The Hall–Kier alpha value is -2.36. The van der Waals surface area contributed by atoms with Crippen LogP contribution in [0.5, 0.6) is 0 Å². The predicted octanol–water partition coefficient (Wildman–Crippen LogP) is 3.06. The summed E-state index contributed by atoms with van der Waals surface area (Å²) in [6.45, 7) is 4.06. The zero-order valence-corrected chi connectivity index (χ0v) is 12.8. The molecule has 0 saturated carbocycles. The highest BCUT2D eigenvalue weighted by molar-refractivity contribution is 5.95. The molecule has 0 bridgehead atoms. The van der Waals surface area contributed by atoms with Gasteiger partial charge in [-0.05, 0) is 36.2 Å². The van der Waals surface area contributed by atoms with Crippen LogP contribution < -0.4 is 0 Å². The molecule has 3 rings (SSSR count). The number of hydrogen-bond donors (Lipinski definition) is 0. The molecule has 0 N–H and O–H groups in total. The van der Waals surface area contributed by atoms with Gasteiger partial charge in [-0.15, -0.1) is 0 Å². The van der Waals surface area contributed by atoms with E-state index >= 15 is 0 Å². The molecule has 1 fully saturated rings. The fourth-order valence-corrected chi connectivity index (χ4v) is 2.98. The smallest absolute Gasteiger partial charge is 0.329 e. The third kappa shape index (κ3) is 2.45. The van der Waals surface area contributed by atoms with E-state index in [1.807, 2.05) is 37.3 Å². The van der Waals surface area contributed by atoms with E-state index in [0.29, 0.717) is 6.61 Å². The molecule has 1 aliphatic rings. The first-order valence-electron chi connectivity index (χ1n) is 7.58. The van der Waals surface area contributed by atoms with Crippen molar-refractivity contribution in [2.45, 2.75) is 32.4 Å². The Kier molecular flexibility index (Phi) is 3.84. The lowest BCUT2D eigenvalue weighted by molar-refractivity contribution is -0.168. The molecule has 22 heavy (non-hydrogen) atoms. The molecular formula is C18H19NO3. The first kappa shape index (κ1) is 14.6. The molecule has 1 amide bonds. The second kappa shape index (κ2) is 5.79. The second-order valence-electron chi connectivity index (χ2n) is 5.56. The second-order valence-corrected chi connectivity index (χ2v) is 5.56. The number of benzene rings is 2. The van der Waals surface area contributed by atoms with Crippen LogP contribution in [0.4, 0.5) is 0 Å². The van der Waals surface area contributed by atoms with Gasteiger partial charge in [0.05, 0.1) is 19.1 Å². The van der Waals surface area contributed by atoms with Gasteiger partial charge >= 0.3 is 5.97 Å². The topological polar surface area (TPSA) is 46.6 Å². The highest BCUT2D eigenvalue weighted by Crippen LogP contribution is 2.33. The maximum absolute atomic E-state index is 11.9.